The van der Waals surface area contributed by atoms with Crippen LogP contribution in [0.5, 0.6) is 0 Å². The molecule has 0 aliphatic rings. The van der Waals surface area contributed by atoms with E-state index in [2.05, 4.69) is 14.9 Å². The topological polar surface area (TPSA) is 68.9 Å². The van der Waals surface area contributed by atoms with E-state index in [-0.39, 0.29) is 10.8 Å². The largest absolute Gasteiger partial charge is 0.331 e. The zero-order chi connectivity index (χ0) is 19.7. The van der Waals surface area contributed by atoms with Gasteiger partial charge in [0.25, 0.3) is 5.91 Å². The molecule has 142 valence electrons. The molecule has 1 N–H and O–H groups in total. The molecule has 2 aromatic carbocycles. The number of carbonyl (C=O) groups is 1. The van der Waals surface area contributed by atoms with E-state index in [4.69, 9.17) is 0 Å². The molecule has 6 nitrogen and oxygen atoms in total. The first-order valence-electron chi connectivity index (χ1n) is 9.06. The van der Waals surface area contributed by atoms with Crippen LogP contribution in [0.4, 0.5) is 5.69 Å². The Morgan fingerprint density at radius 1 is 1.18 bits per heavy atom. The van der Waals surface area contributed by atoms with Gasteiger partial charge in [0.2, 0.25) is 0 Å². The van der Waals surface area contributed by atoms with Crippen molar-refractivity contribution in [2.45, 2.75) is 26.9 Å². The highest BCUT2D eigenvalue weighted by Gasteiger charge is 2.10. The van der Waals surface area contributed by atoms with Crippen LogP contribution < -0.4 is 10.2 Å². The number of aryl methyl sites for hydroxylation is 2. The lowest BCUT2D eigenvalue weighted by atomic mass is 10.1. The number of fused-ring (bicyclic) bond motifs is 1. The number of thiazole rings is 1. The average Bonchev–Trinajstić information content (AvgIpc) is 3.23. The van der Waals surface area contributed by atoms with E-state index < -0.39 is 0 Å². The molecule has 2 heterocycles. The van der Waals surface area contributed by atoms with Gasteiger partial charge in [0.15, 0.2) is 0 Å². The first-order valence-corrected chi connectivity index (χ1v) is 9.88. The van der Waals surface area contributed by atoms with Crippen LogP contribution >= 0.6 is 11.3 Å². The summed E-state index contributed by atoms with van der Waals surface area (Å²) in [6.07, 6.45) is 3.71. The lowest BCUT2D eigenvalue weighted by molar-refractivity contribution is 0.102. The molecule has 4 rings (SSSR count). The quantitative estimate of drug-likeness (QED) is 0.560. The molecule has 1 amide bonds. The van der Waals surface area contributed by atoms with Gasteiger partial charge in [-0.15, -0.1) is 0 Å². The van der Waals surface area contributed by atoms with Gasteiger partial charge in [-0.3, -0.25) is 14.2 Å². The normalized spacial score (nSPS) is 11.1. The van der Waals surface area contributed by atoms with E-state index in [0.717, 1.165) is 28.1 Å². The van der Waals surface area contributed by atoms with E-state index in [1.807, 2.05) is 62.5 Å². The van der Waals surface area contributed by atoms with Crippen molar-refractivity contribution in [1.29, 1.82) is 0 Å². The van der Waals surface area contributed by atoms with Crippen molar-refractivity contribution in [3.05, 3.63) is 81.5 Å². The molecular formula is C21H20N4O2S. The van der Waals surface area contributed by atoms with Gasteiger partial charge >= 0.3 is 4.87 Å². The van der Waals surface area contributed by atoms with E-state index in [9.17, 15) is 9.59 Å². The highest BCUT2D eigenvalue weighted by atomic mass is 32.1. The molecule has 0 saturated carbocycles. The lowest BCUT2D eigenvalue weighted by Crippen LogP contribution is -2.12. The van der Waals surface area contributed by atoms with E-state index in [1.54, 1.807) is 10.8 Å². The smallest absolute Gasteiger partial charge is 0.308 e. The van der Waals surface area contributed by atoms with Gasteiger partial charge < -0.3 is 9.88 Å². The third kappa shape index (κ3) is 3.48. The predicted octanol–water partition coefficient (Wildman–Crippen LogP) is 3.89. The molecule has 28 heavy (non-hydrogen) atoms. The van der Waals surface area contributed by atoms with Crippen molar-refractivity contribution in [3.8, 4) is 0 Å². The Labute approximate surface area is 166 Å². The second kappa shape index (κ2) is 7.44. The minimum atomic E-state index is -0.174. The van der Waals surface area contributed by atoms with Crippen molar-refractivity contribution in [2.24, 2.45) is 0 Å². The average molecular weight is 392 g/mol. The highest BCUT2D eigenvalue weighted by molar-refractivity contribution is 7.16. The number of nitrogens with zero attached hydrogens (tertiary/aromatic N) is 3. The monoisotopic (exact) mass is 392 g/mol. The van der Waals surface area contributed by atoms with Gasteiger partial charge in [0.1, 0.15) is 5.82 Å². The van der Waals surface area contributed by atoms with Crippen LogP contribution in [0.1, 0.15) is 28.7 Å². The Kier molecular flexibility index (Phi) is 4.83. The van der Waals surface area contributed by atoms with E-state index >= 15 is 0 Å². The summed E-state index contributed by atoms with van der Waals surface area (Å²) in [6.45, 7) is 5.26. The van der Waals surface area contributed by atoms with E-state index in [1.165, 1.54) is 11.3 Å². The molecule has 0 bridgehead atoms. The number of aromatic nitrogens is 3. The minimum absolute atomic E-state index is 0.0182. The second-order valence-electron chi connectivity index (χ2n) is 6.55. The number of carbonyl (C=O) groups excluding carboxylic acids is 1. The molecule has 0 radical (unpaired) electrons. The molecule has 0 spiro atoms. The van der Waals surface area contributed by atoms with Crippen molar-refractivity contribution >= 4 is 33.1 Å². The van der Waals surface area contributed by atoms with Crippen LogP contribution in [-0.4, -0.2) is 20.0 Å². The Morgan fingerprint density at radius 3 is 2.64 bits per heavy atom. The maximum Gasteiger partial charge on any atom is 0.308 e. The van der Waals surface area contributed by atoms with E-state index in [0.29, 0.717) is 17.8 Å². The molecule has 0 aliphatic carbocycles. The van der Waals surface area contributed by atoms with Gasteiger partial charge in [-0.25, -0.2) is 4.98 Å². The number of nitrogens with one attached hydrogen (secondary N) is 1. The van der Waals surface area contributed by atoms with Crippen LogP contribution in [0.25, 0.3) is 10.2 Å². The van der Waals surface area contributed by atoms with Crippen molar-refractivity contribution in [2.75, 3.05) is 5.32 Å². The summed E-state index contributed by atoms with van der Waals surface area (Å²) in [7, 11) is 0. The standard InChI is InChI=1S/C21H20N4O2S/c1-3-25-18-9-8-17(12-19(18)28-21(25)27)23-20(26)16-6-4-15(5-7-16)13-24-11-10-22-14(24)2/h4-12H,3,13H2,1-2H3,(H,23,26). The summed E-state index contributed by atoms with van der Waals surface area (Å²) in [6, 6.07) is 13.1. The molecule has 0 fully saturated rings. The summed E-state index contributed by atoms with van der Waals surface area (Å²) in [5.41, 5.74) is 3.27. The number of hydrogen-bond donors (Lipinski definition) is 1. The summed E-state index contributed by atoms with van der Waals surface area (Å²) in [5.74, 6) is 0.781. The molecule has 2 aromatic heterocycles. The van der Waals surface area contributed by atoms with Gasteiger partial charge in [-0.2, -0.15) is 0 Å². The second-order valence-corrected chi connectivity index (χ2v) is 7.54. The number of imidazole rings is 1. The molecule has 4 aromatic rings. The van der Waals surface area contributed by atoms with Crippen molar-refractivity contribution in [3.63, 3.8) is 0 Å². The maximum absolute atomic E-state index is 12.6. The molecule has 0 saturated heterocycles. The van der Waals surface area contributed by atoms with Gasteiger partial charge in [-0.05, 0) is 49.7 Å². The Morgan fingerprint density at radius 2 is 1.96 bits per heavy atom. The third-order valence-corrected chi connectivity index (χ3v) is 5.68. The number of hydrogen-bond acceptors (Lipinski definition) is 4. The number of benzene rings is 2. The third-order valence-electron chi connectivity index (χ3n) is 4.74. The van der Waals surface area contributed by atoms with Gasteiger partial charge in [-0.1, -0.05) is 23.5 Å². The fourth-order valence-corrected chi connectivity index (χ4v) is 4.17. The molecule has 7 heteroatoms. The summed E-state index contributed by atoms with van der Waals surface area (Å²) >= 11 is 1.19. The molecule has 0 unspecified atom stereocenters. The summed E-state index contributed by atoms with van der Waals surface area (Å²) in [5, 5.41) is 2.91. The molecule has 0 aliphatic heterocycles. The summed E-state index contributed by atoms with van der Waals surface area (Å²) < 4.78 is 4.65. The van der Waals surface area contributed by atoms with Crippen LogP contribution in [0.3, 0.4) is 0 Å². The summed E-state index contributed by atoms with van der Waals surface area (Å²) in [4.78, 5) is 28.8. The Balaban J connectivity index is 1.49. The van der Waals surface area contributed by atoms with Gasteiger partial charge in [0.05, 0.1) is 10.2 Å². The number of rotatable bonds is 5. The SMILES string of the molecule is CCn1c(=O)sc2cc(NC(=O)c3ccc(Cn4ccnc4C)cc3)ccc21. The van der Waals surface area contributed by atoms with Crippen LogP contribution in [0, 0.1) is 6.92 Å². The Bertz CT molecular complexity index is 1200. The van der Waals surface area contributed by atoms with Crippen LogP contribution in [0.2, 0.25) is 0 Å². The predicted molar refractivity (Wildman–Crippen MR) is 112 cm³/mol. The zero-order valence-electron chi connectivity index (χ0n) is 15.7. The zero-order valence-corrected chi connectivity index (χ0v) is 16.5. The number of anilines is 1. The fraction of sp³-hybridized carbons (Fsp3) is 0.190. The first-order chi connectivity index (χ1) is 13.5. The number of amides is 1. The minimum Gasteiger partial charge on any atom is -0.331 e. The van der Waals surface area contributed by atoms with Crippen LogP contribution in [-0.2, 0) is 13.1 Å². The first kappa shape index (κ1) is 18.2. The lowest BCUT2D eigenvalue weighted by Gasteiger charge is -2.08. The maximum atomic E-state index is 12.6. The highest BCUT2D eigenvalue weighted by Crippen LogP contribution is 2.22. The van der Waals surface area contributed by atoms with Gasteiger partial charge in [0, 0.05) is 36.7 Å². The Hall–Kier alpha value is -3.19. The molecular weight excluding hydrogens is 372 g/mol. The van der Waals surface area contributed by atoms with Crippen molar-refractivity contribution in [1.82, 2.24) is 14.1 Å². The fourth-order valence-electron chi connectivity index (χ4n) is 3.18. The molecule has 0 atom stereocenters. The van der Waals surface area contributed by atoms with Crippen LogP contribution in [0.15, 0.2) is 59.7 Å². The van der Waals surface area contributed by atoms with Crippen molar-refractivity contribution < 1.29 is 4.79 Å².